The molecule has 0 bridgehead atoms. The maximum absolute atomic E-state index is 15.3. The minimum absolute atomic E-state index is 0.0259. The van der Waals surface area contributed by atoms with Crippen molar-refractivity contribution in [1.82, 2.24) is 9.80 Å². The van der Waals surface area contributed by atoms with E-state index in [1.165, 1.54) is 26.0 Å². The second-order valence-electron chi connectivity index (χ2n) is 12.9. The number of piperidine rings is 1. The topological polar surface area (TPSA) is 88.2 Å². The largest absolute Gasteiger partial charge is 0.469 e. The molecule has 2 aromatic carbocycles. The normalized spacial score (nSPS) is 24.3. The van der Waals surface area contributed by atoms with Crippen LogP contribution in [0.25, 0.3) is 0 Å². The van der Waals surface area contributed by atoms with Crippen LogP contribution >= 0.6 is 0 Å². The number of esters is 1. The van der Waals surface area contributed by atoms with Gasteiger partial charge in [0.1, 0.15) is 11.4 Å². The smallest absolute Gasteiger partial charge is 0.410 e. The maximum Gasteiger partial charge on any atom is 0.410 e. The first-order chi connectivity index (χ1) is 20.0. The van der Waals surface area contributed by atoms with Gasteiger partial charge in [0.25, 0.3) is 5.91 Å². The number of amides is 2. The Morgan fingerprint density at radius 2 is 1.69 bits per heavy atom. The van der Waals surface area contributed by atoms with Crippen LogP contribution < -0.4 is 5.32 Å². The molecule has 0 radical (unpaired) electrons. The van der Waals surface area contributed by atoms with Gasteiger partial charge in [-0.25, -0.2) is 9.18 Å². The molecular weight excluding hydrogens is 537 g/mol. The van der Waals surface area contributed by atoms with E-state index in [0.717, 1.165) is 24.1 Å². The zero-order valence-corrected chi connectivity index (χ0v) is 25.2. The van der Waals surface area contributed by atoms with Crippen molar-refractivity contribution in [1.29, 1.82) is 0 Å². The van der Waals surface area contributed by atoms with E-state index < -0.39 is 47.4 Å². The number of anilines is 1. The quantitative estimate of drug-likeness (QED) is 0.431. The first-order valence-electron chi connectivity index (χ1n) is 15.0. The highest BCUT2D eigenvalue weighted by molar-refractivity contribution is 5.97. The molecule has 9 heteroatoms. The average Bonchev–Trinajstić information content (AvgIpc) is 3.61. The number of carbonyl (C=O) groups is 3. The third kappa shape index (κ3) is 6.10. The van der Waals surface area contributed by atoms with Crippen molar-refractivity contribution >= 4 is 23.7 Å². The van der Waals surface area contributed by atoms with Crippen molar-refractivity contribution < 1.29 is 28.2 Å². The third-order valence-corrected chi connectivity index (χ3v) is 8.81. The lowest BCUT2D eigenvalue weighted by Gasteiger charge is -2.47. The van der Waals surface area contributed by atoms with E-state index in [2.05, 4.69) is 5.32 Å². The lowest BCUT2D eigenvalue weighted by molar-refractivity contribution is -0.151. The molecule has 0 aromatic heterocycles. The average molecular weight is 580 g/mol. The lowest BCUT2D eigenvalue weighted by Crippen LogP contribution is -2.55. The molecule has 1 saturated carbocycles. The van der Waals surface area contributed by atoms with E-state index >= 15 is 4.39 Å². The number of likely N-dealkylation sites (tertiary alicyclic amines) is 2. The van der Waals surface area contributed by atoms with Gasteiger partial charge in [-0.1, -0.05) is 37.1 Å². The van der Waals surface area contributed by atoms with Crippen molar-refractivity contribution in [2.24, 2.45) is 11.8 Å². The molecule has 226 valence electrons. The van der Waals surface area contributed by atoms with Crippen LogP contribution in [-0.2, 0) is 14.3 Å². The summed E-state index contributed by atoms with van der Waals surface area (Å²) >= 11 is 0. The number of benzene rings is 2. The molecule has 2 amide bonds. The van der Waals surface area contributed by atoms with Crippen molar-refractivity contribution in [3.63, 3.8) is 0 Å². The minimum atomic E-state index is -0.704. The van der Waals surface area contributed by atoms with E-state index in [1.54, 1.807) is 49.6 Å². The Morgan fingerprint density at radius 1 is 1.00 bits per heavy atom. The fourth-order valence-electron chi connectivity index (χ4n) is 6.89. The highest BCUT2D eigenvalue weighted by Crippen LogP contribution is 2.46. The van der Waals surface area contributed by atoms with Crippen molar-refractivity contribution in [2.75, 3.05) is 25.5 Å². The van der Waals surface area contributed by atoms with Gasteiger partial charge in [0.15, 0.2) is 0 Å². The predicted molar refractivity (Wildman–Crippen MR) is 158 cm³/mol. The van der Waals surface area contributed by atoms with Gasteiger partial charge >= 0.3 is 12.1 Å². The molecule has 3 aliphatic rings. The SMILES string of the molecule is COC(=O)[C@H]1CC2CN(C(=O)OC(C)(C)C)C[C@H]2N(C(=O)c2c(C)cccc2F)[C@H]1c1ccc(NC2CCCC2)cc1. The predicted octanol–water partition coefficient (Wildman–Crippen LogP) is 6.10. The van der Waals surface area contributed by atoms with E-state index in [0.29, 0.717) is 24.6 Å². The van der Waals surface area contributed by atoms with Gasteiger partial charge in [-0.2, -0.15) is 0 Å². The number of aryl methyl sites for hydroxylation is 1. The molecule has 3 fully saturated rings. The first kappa shape index (κ1) is 29.9. The van der Waals surface area contributed by atoms with Crippen molar-refractivity contribution in [3.8, 4) is 0 Å². The Kier molecular flexibility index (Phi) is 8.49. The van der Waals surface area contributed by atoms with Crippen molar-refractivity contribution in [3.05, 3.63) is 65.0 Å². The first-order valence-corrected chi connectivity index (χ1v) is 15.0. The molecule has 0 spiro atoms. The highest BCUT2D eigenvalue weighted by atomic mass is 19.1. The summed E-state index contributed by atoms with van der Waals surface area (Å²) < 4.78 is 26.2. The summed E-state index contributed by atoms with van der Waals surface area (Å²) in [6, 6.07) is 11.7. The zero-order chi connectivity index (χ0) is 30.2. The van der Waals surface area contributed by atoms with Crippen LogP contribution in [0.5, 0.6) is 0 Å². The van der Waals surface area contributed by atoms with E-state index in [9.17, 15) is 14.4 Å². The highest BCUT2D eigenvalue weighted by Gasteiger charge is 2.53. The summed E-state index contributed by atoms with van der Waals surface area (Å²) in [7, 11) is 1.34. The summed E-state index contributed by atoms with van der Waals surface area (Å²) in [6.45, 7) is 7.67. The standard InChI is InChI=1S/C33H42FN3O5/c1-20-9-8-12-26(34)28(20)30(38)37-27-19-36(32(40)42-33(2,3)4)18-22(27)17-25(31(39)41-5)29(37)21-13-15-24(16-14-21)35-23-10-6-7-11-23/h8-9,12-16,22-23,25,27,29,35H,6-7,10-11,17-19H2,1-5H3/t22?,25-,27+,29-/m0/s1. The van der Waals surface area contributed by atoms with Crippen LogP contribution in [0.1, 0.15) is 80.4 Å². The molecule has 1 N–H and O–H groups in total. The van der Waals surface area contributed by atoms with Gasteiger partial charge in [-0.3, -0.25) is 9.59 Å². The number of hydrogen-bond acceptors (Lipinski definition) is 6. The second kappa shape index (κ2) is 11.9. The summed E-state index contributed by atoms with van der Waals surface area (Å²) in [5.41, 5.74) is 1.54. The maximum atomic E-state index is 15.3. The molecule has 2 heterocycles. The number of halogens is 1. The summed E-state index contributed by atoms with van der Waals surface area (Å²) in [5.74, 6) is -2.46. The zero-order valence-electron chi connectivity index (χ0n) is 25.2. The van der Waals surface area contributed by atoms with Crippen LogP contribution in [0.4, 0.5) is 14.9 Å². The van der Waals surface area contributed by atoms with E-state index in [1.807, 2.05) is 24.3 Å². The van der Waals surface area contributed by atoms with E-state index in [-0.39, 0.29) is 18.0 Å². The molecule has 8 nitrogen and oxygen atoms in total. The van der Waals surface area contributed by atoms with Crippen molar-refractivity contribution in [2.45, 2.75) is 83.5 Å². The Hall–Kier alpha value is -3.62. The second-order valence-corrected chi connectivity index (χ2v) is 12.9. The Labute approximate surface area is 247 Å². The fraction of sp³-hybridized carbons (Fsp3) is 0.545. The Bertz CT molecular complexity index is 1300. The number of ether oxygens (including phenoxy) is 2. The van der Waals surface area contributed by atoms with E-state index in [4.69, 9.17) is 9.47 Å². The van der Waals surface area contributed by atoms with Crippen LogP contribution in [0.3, 0.4) is 0 Å². The van der Waals surface area contributed by atoms with Gasteiger partial charge < -0.3 is 24.6 Å². The molecule has 2 aromatic rings. The Balaban J connectivity index is 1.55. The van der Waals surface area contributed by atoms with Gasteiger partial charge in [0.05, 0.1) is 30.7 Å². The summed E-state index contributed by atoms with van der Waals surface area (Å²) in [6.07, 6.45) is 4.65. The van der Waals surface area contributed by atoms with Gasteiger partial charge in [0, 0.05) is 24.8 Å². The number of nitrogens with zero attached hydrogens (tertiary/aromatic N) is 2. The number of carbonyl (C=O) groups excluding carboxylic acids is 3. The Morgan fingerprint density at radius 3 is 2.31 bits per heavy atom. The molecule has 42 heavy (non-hydrogen) atoms. The molecule has 2 aliphatic heterocycles. The van der Waals surface area contributed by atoms with Gasteiger partial charge in [-0.05, 0) is 82.2 Å². The monoisotopic (exact) mass is 579 g/mol. The van der Waals surface area contributed by atoms with Crippen LogP contribution in [0.15, 0.2) is 42.5 Å². The lowest BCUT2D eigenvalue weighted by atomic mass is 9.76. The summed E-state index contributed by atoms with van der Waals surface area (Å²) in [5, 5.41) is 3.58. The molecule has 4 atom stereocenters. The minimum Gasteiger partial charge on any atom is -0.469 e. The van der Waals surface area contributed by atoms with Crippen LogP contribution in [-0.4, -0.2) is 65.7 Å². The molecular formula is C33H42FN3O5. The van der Waals surface area contributed by atoms with Gasteiger partial charge in [-0.15, -0.1) is 0 Å². The number of fused-ring (bicyclic) bond motifs is 1. The van der Waals surface area contributed by atoms with Gasteiger partial charge in [0.2, 0.25) is 0 Å². The number of hydrogen-bond donors (Lipinski definition) is 1. The molecule has 1 aliphatic carbocycles. The number of nitrogens with one attached hydrogen (secondary N) is 1. The third-order valence-electron chi connectivity index (χ3n) is 8.81. The van der Waals surface area contributed by atoms with Crippen LogP contribution in [0, 0.1) is 24.6 Å². The fourth-order valence-corrected chi connectivity index (χ4v) is 6.89. The van der Waals surface area contributed by atoms with Crippen LogP contribution in [0.2, 0.25) is 0 Å². The summed E-state index contributed by atoms with van der Waals surface area (Å²) in [4.78, 5) is 44.1. The number of methoxy groups -OCH3 is 1. The molecule has 5 rings (SSSR count). The number of rotatable bonds is 5. The molecule has 2 saturated heterocycles. The molecule has 1 unspecified atom stereocenters.